The van der Waals surface area contributed by atoms with E-state index in [9.17, 15) is 13.2 Å². The van der Waals surface area contributed by atoms with Gasteiger partial charge >= 0.3 is 0 Å². The molecule has 0 aromatic heterocycles. The summed E-state index contributed by atoms with van der Waals surface area (Å²) in [7, 11) is -3.49. The molecule has 2 N–H and O–H groups in total. The molecule has 1 aliphatic rings. The molecule has 0 unspecified atom stereocenters. The molecule has 128 valence electrons. The third-order valence-corrected chi connectivity index (χ3v) is 5.42. The quantitative estimate of drug-likeness (QED) is 0.890. The lowest BCUT2D eigenvalue weighted by atomic mass is 9.81. The second-order valence-electron chi connectivity index (χ2n) is 7.10. The predicted molar refractivity (Wildman–Crippen MR) is 91.4 cm³/mol. The number of sulfonamides is 1. The number of primary sulfonamides is 1. The van der Waals surface area contributed by atoms with Crippen LogP contribution in [0.5, 0.6) is 0 Å². The van der Waals surface area contributed by atoms with Crippen molar-refractivity contribution in [3.05, 3.63) is 35.9 Å². The van der Waals surface area contributed by atoms with E-state index in [2.05, 4.69) is 13.8 Å². The molecule has 1 aliphatic heterocycles. The van der Waals surface area contributed by atoms with Gasteiger partial charge in [-0.05, 0) is 29.7 Å². The normalized spacial score (nSPS) is 19.6. The Bertz CT molecular complexity index is 641. The highest BCUT2D eigenvalue weighted by atomic mass is 32.2. The van der Waals surface area contributed by atoms with Gasteiger partial charge in [-0.15, -0.1) is 0 Å². The molecular formula is C17H26N2O3S. The van der Waals surface area contributed by atoms with Crippen LogP contribution in [0.3, 0.4) is 0 Å². The Labute approximate surface area is 138 Å². The van der Waals surface area contributed by atoms with E-state index in [1.54, 1.807) is 4.90 Å². The van der Waals surface area contributed by atoms with Gasteiger partial charge in [-0.3, -0.25) is 4.79 Å². The Morgan fingerprint density at radius 2 is 1.96 bits per heavy atom. The predicted octanol–water partition coefficient (Wildman–Crippen LogP) is 1.88. The summed E-state index contributed by atoms with van der Waals surface area (Å²) in [5.41, 5.74) is 0.886. The number of carbonyl (C=O) groups is 1. The van der Waals surface area contributed by atoms with Crippen LogP contribution in [-0.4, -0.2) is 38.1 Å². The van der Waals surface area contributed by atoms with Crippen LogP contribution in [0.2, 0.25) is 0 Å². The maximum absolute atomic E-state index is 12.6. The van der Waals surface area contributed by atoms with Crippen molar-refractivity contribution in [3.63, 3.8) is 0 Å². The van der Waals surface area contributed by atoms with Crippen LogP contribution in [0.25, 0.3) is 0 Å². The third-order valence-electron chi connectivity index (χ3n) is 4.49. The fraction of sp³-hybridized carbons (Fsp3) is 0.588. The standard InChI is InChI=1S/C17H26N2O3S/c1-17(2,15-8-4-3-5-9-15)11-16(20)19-10-6-7-14(12-19)13-23(18,21)22/h3-5,8-9,14H,6-7,10-13H2,1-2H3,(H2,18,21,22)/t14-/m0/s1. The monoisotopic (exact) mass is 338 g/mol. The van der Waals surface area contributed by atoms with Crippen LogP contribution < -0.4 is 5.14 Å². The molecule has 23 heavy (non-hydrogen) atoms. The van der Waals surface area contributed by atoms with Gasteiger partial charge < -0.3 is 4.90 Å². The van der Waals surface area contributed by atoms with Crippen molar-refractivity contribution in [1.29, 1.82) is 0 Å². The average molecular weight is 338 g/mol. The number of hydrogen-bond donors (Lipinski definition) is 1. The number of hydrogen-bond acceptors (Lipinski definition) is 3. The number of likely N-dealkylation sites (tertiary alicyclic amines) is 1. The van der Waals surface area contributed by atoms with Gasteiger partial charge in [-0.25, -0.2) is 13.6 Å². The molecule has 1 amide bonds. The first kappa shape index (κ1) is 17.9. The van der Waals surface area contributed by atoms with Crippen LogP contribution in [0, 0.1) is 5.92 Å². The van der Waals surface area contributed by atoms with Crippen molar-refractivity contribution in [2.24, 2.45) is 11.1 Å². The zero-order valence-corrected chi connectivity index (χ0v) is 14.7. The van der Waals surface area contributed by atoms with E-state index in [-0.39, 0.29) is 23.0 Å². The number of nitrogens with zero attached hydrogens (tertiary/aromatic N) is 1. The highest BCUT2D eigenvalue weighted by Gasteiger charge is 2.30. The van der Waals surface area contributed by atoms with Gasteiger partial charge in [-0.1, -0.05) is 44.2 Å². The van der Waals surface area contributed by atoms with E-state index in [1.807, 2.05) is 30.3 Å². The summed E-state index contributed by atoms with van der Waals surface area (Å²) in [5.74, 6) is -0.0145. The van der Waals surface area contributed by atoms with E-state index in [4.69, 9.17) is 5.14 Å². The van der Waals surface area contributed by atoms with Gasteiger partial charge in [0.1, 0.15) is 0 Å². The maximum atomic E-state index is 12.6. The molecule has 2 rings (SSSR count). The molecule has 1 aromatic carbocycles. The topological polar surface area (TPSA) is 80.5 Å². The van der Waals surface area contributed by atoms with Gasteiger partial charge in [0.15, 0.2) is 0 Å². The number of nitrogens with two attached hydrogens (primary N) is 1. The zero-order valence-electron chi connectivity index (χ0n) is 13.9. The lowest BCUT2D eigenvalue weighted by Gasteiger charge is -2.35. The van der Waals surface area contributed by atoms with Crippen LogP contribution in [0.4, 0.5) is 0 Å². The lowest BCUT2D eigenvalue weighted by molar-refractivity contribution is -0.134. The zero-order chi connectivity index (χ0) is 17.1. The van der Waals surface area contributed by atoms with Crippen LogP contribution in [0.15, 0.2) is 30.3 Å². The molecule has 0 spiro atoms. The molecule has 6 heteroatoms. The molecule has 5 nitrogen and oxygen atoms in total. The summed E-state index contributed by atoms with van der Waals surface area (Å²) in [5, 5.41) is 5.13. The van der Waals surface area contributed by atoms with Crippen molar-refractivity contribution in [2.75, 3.05) is 18.8 Å². The van der Waals surface area contributed by atoms with Gasteiger partial charge in [0.05, 0.1) is 5.75 Å². The smallest absolute Gasteiger partial charge is 0.223 e. The van der Waals surface area contributed by atoms with Crippen LogP contribution >= 0.6 is 0 Å². The fourth-order valence-corrected chi connectivity index (χ4v) is 4.17. The first-order chi connectivity index (χ1) is 10.7. The van der Waals surface area contributed by atoms with Crippen molar-refractivity contribution < 1.29 is 13.2 Å². The van der Waals surface area contributed by atoms with Gasteiger partial charge in [0, 0.05) is 19.5 Å². The number of rotatable bonds is 5. The van der Waals surface area contributed by atoms with Crippen LogP contribution in [-0.2, 0) is 20.2 Å². The van der Waals surface area contributed by atoms with Crippen molar-refractivity contribution in [2.45, 2.75) is 38.5 Å². The number of piperidine rings is 1. The Morgan fingerprint density at radius 3 is 2.57 bits per heavy atom. The lowest BCUT2D eigenvalue weighted by Crippen LogP contribution is -2.44. The van der Waals surface area contributed by atoms with E-state index >= 15 is 0 Å². The second-order valence-corrected chi connectivity index (χ2v) is 8.76. The summed E-state index contributed by atoms with van der Waals surface area (Å²) < 4.78 is 22.5. The summed E-state index contributed by atoms with van der Waals surface area (Å²) in [6.45, 7) is 5.31. The molecule has 1 fully saturated rings. The van der Waals surface area contributed by atoms with E-state index < -0.39 is 10.0 Å². The molecule has 0 radical (unpaired) electrons. The van der Waals surface area contributed by atoms with Crippen molar-refractivity contribution >= 4 is 15.9 Å². The molecule has 1 heterocycles. The summed E-state index contributed by atoms with van der Waals surface area (Å²) in [6.07, 6.45) is 2.05. The summed E-state index contributed by atoms with van der Waals surface area (Å²) in [6, 6.07) is 9.99. The minimum Gasteiger partial charge on any atom is -0.342 e. The highest BCUT2D eigenvalue weighted by Crippen LogP contribution is 2.28. The van der Waals surface area contributed by atoms with Crippen molar-refractivity contribution in [3.8, 4) is 0 Å². The number of carbonyl (C=O) groups excluding carboxylic acids is 1. The van der Waals surface area contributed by atoms with E-state index in [0.717, 1.165) is 18.4 Å². The average Bonchev–Trinajstić information content (AvgIpc) is 2.46. The first-order valence-electron chi connectivity index (χ1n) is 8.01. The minimum absolute atomic E-state index is 0.0428. The Kier molecular flexibility index (Phi) is 5.47. The molecular weight excluding hydrogens is 312 g/mol. The summed E-state index contributed by atoms with van der Waals surface area (Å²) in [4.78, 5) is 14.4. The largest absolute Gasteiger partial charge is 0.342 e. The van der Waals surface area contributed by atoms with E-state index in [1.165, 1.54) is 0 Å². The number of benzene rings is 1. The van der Waals surface area contributed by atoms with Gasteiger partial charge in [-0.2, -0.15) is 0 Å². The molecule has 0 saturated carbocycles. The van der Waals surface area contributed by atoms with Crippen molar-refractivity contribution in [1.82, 2.24) is 4.90 Å². The van der Waals surface area contributed by atoms with Gasteiger partial charge in [0.2, 0.25) is 15.9 Å². The highest BCUT2D eigenvalue weighted by molar-refractivity contribution is 7.89. The number of amides is 1. The molecule has 1 aromatic rings. The fourth-order valence-electron chi connectivity index (χ4n) is 3.24. The third kappa shape index (κ3) is 5.32. The Balaban J connectivity index is 2.00. The molecule has 0 aliphatic carbocycles. The maximum Gasteiger partial charge on any atom is 0.223 e. The van der Waals surface area contributed by atoms with E-state index in [0.29, 0.717) is 19.5 Å². The summed E-state index contributed by atoms with van der Waals surface area (Å²) >= 11 is 0. The Hall–Kier alpha value is -1.40. The second kappa shape index (κ2) is 7.01. The first-order valence-corrected chi connectivity index (χ1v) is 9.73. The van der Waals surface area contributed by atoms with Gasteiger partial charge in [0.25, 0.3) is 0 Å². The Morgan fingerprint density at radius 1 is 1.30 bits per heavy atom. The van der Waals surface area contributed by atoms with Crippen LogP contribution in [0.1, 0.15) is 38.7 Å². The SMILES string of the molecule is CC(C)(CC(=O)N1CCC[C@H](CS(N)(=O)=O)C1)c1ccccc1. The minimum atomic E-state index is -3.49. The molecule has 0 bridgehead atoms. The molecule has 1 atom stereocenters. The molecule has 1 saturated heterocycles.